The SMILES string of the molecule is O=C1N[C@H](c2cc(F)ccc2Cl)c2c(NC(=O)N3C[C@@H](O)c4cc(F)ccc43)cc(-c3ccc(=O)n(C(F)F)c3)cc21. The van der Waals surface area contributed by atoms with Gasteiger partial charge in [-0.1, -0.05) is 11.6 Å². The number of aromatic nitrogens is 1. The average Bonchev–Trinajstić information content (AvgIpc) is 3.46. The van der Waals surface area contributed by atoms with Gasteiger partial charge in [0.2, 0.25) is 0 Å². The van der Waals surface area contributed by atoms with Crippen LogP contribution in [0.2, 0.25) is 5.02 Å². The second kappa shape index (κ2) is 10.3. The topological polar surface area (TPSA) is 104 Å². The Morgan fingerprint density at radius 1 is 0.976 bits per heavy atom. The van der Waals surface area contributed by atoms with Crippen LogP contribution < -0.4 is 21.1 Å². The van der Waals surface area contributed by atoms with Gasteiger partial charge in [-0.3, -0.25) is 19.1 Å². The number of nitrogens with zero attached hydrogens (tertiary/aromatic N) is 2. The van der Waals surface area contributed by atoms with E-state index < -0.39 is 47.8 Å². The zero-order valence-electron chi connectivity index (χ0n) is 21.2. The number of anilines is 2. The average molecular weight is 599 g/mol. The van der Waals surface area contributed by atoms with Crippen molar-refractivity contribution in [1.82, 2.24) is 9.88 Å². The Hall–Kier alpha value is -4.68. The summed E-state index contributed by atoms with van der Waals surface area (Å²) in [5.74, 6) is -1.82. The summed E-state index contributed by atoms with van der Waals surface area (Å²) in [6.45, 7) is -3.32. The number of alkyl halides is 2. The molecule has 2 atom stereocenters. The smallest absolute Gasteiger partial charge is 0.326 e. The Bertz CT molecular complexity index is 1850. The molecule has 3 aromatic carbocycles. The van der Waals surface area contributed by atoms with Gasteiger partial charge in [0.1, 0.15) is 11.6 Å². The molecule has 8 nitrogen and oxygen atoms in total. The van der Waals surface area contributed by atoms with Gasteiger partial charge in [-0.05, 0) is 65.7 Å². The molecule has 0 spiro atoms. The number of pyridine rings is 1. The van der Waals surface area contributed by atoms with Gasteiger partial charge in [0.25, 0.3) is 11.5 Å². The van der Waals surface area contributed by atoms with Crippen LogP contribution in [-0.2, 0) is 0 Å². The highest BCUT2D eigenvalue weighted by Crippen LogP contribution is 2.42. The Labute approximate surface area is 239 Å². The fourth-order valence-electron chi connectivity index (χ4n) is 5.28. The second-order valence-electron chi connectivity index (χ2n) is 9.76. The summed E-state index contributed by atoms with van der Waals surface area (Å²) in [6.07, 6.45) is -0.230. The van der Waals surface area contributed by atoms with Crippen LogP contribution in [0.4, 0.5) is 33.7 Å². The molecule has 214 valence electrons. The minimum Gasteiger partial charge on any atom is -0.386 e. The lowest BCUT2D eigenvalue weighted by Crippen LogP contribution is -2.34. The molecular weight excluding hydrogens is 580 g/mol. The largest absolute Gasteiger partial charge is 0.386 e. The van der Waals surface area contributed by atoms with E-state index in [9.17, 15) is 37.1 Å². The van der Waals surface area contributed by atoms with Crippen LogP contribution in [0.3, 0.4) is 0 Å². The number of rotatable bonds is 4. The lowest BCUT2D eigenvalue weighted by Gasteiger charge is -2.22. The van der Waals surface area contributed by atoms with E-state index in [0.717, 1.165) is 36.5 Å². The molecule has 0 saturated heterocycles. The third kappa shape index (κ3) is 4.68. The van der Waals surface area contributed by atoms with Gasteiger partial charge in [-0.25, -0.2) is 13.6 Å². The van der Waals surface area contributed by atoms with Gasteiger partial charge in [0.05, 0.1) is 24.4 Å². The maximum atomic E-state index is 14.2. The Morgan fingerprint density at radius 2 is 1.69 bits per heavy atom. The van der Waals surface area contributed by atoms with Gasteiger partial charge >= 0.3 is 12.6 Å². The number of carbonyl (C=O) groups is 2. The van der Waals surface area contributed by atoms with Crippen molar-refractivity contribution in [1.29, 1.82) is 0 Å². The van der Waals surface area contributed by atoms with E-state index in [1.807, 2.05) is 0 Å². The van der Waals surface area contributed by atoms with Gasteiger partial charge in [-0.2, -0.15) is 8.78 Å². The number of fused-ring (bicyclic) bond motifs is 2. The molecule has 13 heteroatoms. The number of aliphatic hydroxyl groups is 1. The molecule has 3 heterocycles. The number of nitrogens with one attached hydrogen (secondary N) is 2. The third-order valence-electron chi connectivity index (χ3n) is 7.22. The molecule has 0 aliphatic carbocycles. The van der Waals surface area contributed by atoms with Crippen molar-refractivity contribution in [2.24, 2.45) is 0 Å². The van der Waals surface area contributed by atoms with Crippen LogP contribution in [0, 0.1) is 11.6 Å². The van der Waals surface area contributed by atoms with Crippen molar-refractivity contribution in [3.8, 4) is 11.1 Å². The van der Waals surface area contributed by atoms with E-state index in [-0.39, 0.29) is 60.9 Å². The molecule has 42 heavy (non-hydrogen) atoms. The minimum absolute atomic E-state index is 0.0480. The summed E-state index contributed by atoms with van der Waals surface area (Å²) in [5, 5.41) is 16.0. The zero-order valence-corrected chi connectivity index (χ0v) is 22.0. The van der Waals surface area contributed by atoms with E-state index in [1.54, 1.807) is 0 Å². The highest BCUT2D eigenvalue weighted by atomic mass is 35.5. The summed E-state index contributed by atoms with van der Waals surface area (Å²) >= 11 is 6.35. The minimum atomic E-state index is -3.12. The Kier molecular flexibility index (Phi) is 6.74. The van der Waals surface area contributed by atoms with Crippen molar-refractivity contribution in [3.63, 3.8) is 0 Å². The normalized spacial score (nSPS) is 17.3. The number of aliphatic hydroxyl groups excluding tert-OH is 1. The predicted molar refractivity (Wildman–Crippen MR) is 146 cm³/mol. The summed E-state index contributed by atoms with van der Waals surface area (Å²) in [5.41, 5.74) is 0.417. The van der Waals surface area contributed by atoms with Crippen molar-refractivity contribution < 1.29 is 32.3 Å². The molecule has 0 bridgehead atoms. The third-order valence-corrected chi connectivity index (χ3v) is 7.57. The standard InChI is InChI=1S/C29H19ClF4N4O4/c30-20-4-2-15(31)9-17(20)26-25-19(27(41)36-26)7-14(13-1-6-24(40)38(11-13)28(33)34)8-21(25)35-29(42)37-12-23(39)18-10-16(32)3-5-22(18)37/h1-11,23,26,28,39H,12H2,(H,35,42)(H,36,41)/t23-,26-/m1/s1. The van der Waals surface area contributed by atoms with Crippen molar-refractivity contribution in [2.75, 3.05) is 16.8 Å². The van der Waals surface area contributed by atoms with Gasteiger partial charge in [0.15, 0.2) is 0 Å². The molecule has 0 unspecified atom stereocenters. The van der Waals surface area contributed by atoms with E-state index in [1.165, 1.54) is 35.2 Å². The highest BCUT2D eigenvalue weighted by Gasteiger charge is 2.37. The molecule has 2 aliphatic heterocycles. The summed E-state index contributed by atoms with van der Waals surface area (Å²) in [7, 11) is 0. The number of β-amino-alcohol motifs (C(OH)–C–C–N with tert-alkyl or cyclic N) is 1. The molecule has 1 aromatic heterocycles. The predicted octanol–water partition coefficient (Wildman–Crippen LogP) is 5.76. The lowest BCUT2D eigenvalue weighted by atomic mass is 9.93. The maximum absolute atomic E-state index is 14.2. The number of carbonyl (C=O) groups excluding carboxylic acids is 2. The zero-order chi connectivity index (χ0) is 29.9. The quantitative estimate of drug-likeness (QED) is 0.260. The van der Waals surface area contributed by atoms with E-state index in [4.69, 9.17) is 11.6 Å². The van der Waals surface area contributed by atoms with E-state index >= 15 is 0 Å². The lowest BCUT2D eigenvalue weighted by molar-refractivity contribution is 0.0665. The van der Waals surface area contributed by atoms with E-state index in [0.29, 0.717) is 0 Å². The number of halogens is 5. The molecule has 6 rings (SSSR count). The maximum Gasteiger partial charge on any atom is 0.326 e. The van der Waals surface area contributed by atoms with E-state index in [2.05, 4.69) is 10.6 Å². The van der Waals surface area contributed by atoms with Crippen LogP contribution in [0.15, 0.2) is 71.7 Å². The molecular formula is C29H19ClF4N4O4. The monoisotopic (exact) mass is 598 g/mol. The van der Waals surface area contributed by atoms with Crippen molar-refractivity contribution >= 4 is 34.9 Å². The molecule has 4 aromatic rings. The van der Waals surface area contributed by atoms with Crippen LogP contribution in [0.5, 0.6) is 0 Å². The summed E-state index contributed by atoms with van der Waals surface area (Å²) in [6, 6.07) is 10.5. The van der Waals surface area contributed by atoms with Crippen molar-refractivity contribution in [2.45, 2.75) is 18.7 Å². The van der Waals surface area contributed by atoms with Crippen molar-refractivity contribution in [3.05, 3.63) is 116 Å². The van der Waals surface area contributed by atoms with Crippen LogP contribution >= 0.6 is 11.6 Å². The molecule has 0 radical (unpaired) electrons. The summed E-state index contributed by atoms with van der Waals surface area (Å²) < 4.78 is 55.2. The molecule has 0 saturated carbocycles. The fraction of sp³-hybridized carbons (Fsp3) is 0.138. The number of benzene rings is 3. The summed E-state index contributed by atoms with van der Waals surface area (Å²) in [4.78, 5) is 39.8. The molecule has 3 amide bonds. The van der Waals surface area contributed by atoms with Crippen LogP contribution in [-0.4, -0.2) is 28.2 Å². The number of hydrogen-bond acceptors (Lipinski definition) is 4. The molecule has 0 fully saturated rings. The molecule has 3 N–H and O–H groups in total. The highest BCUT2D eigenvalue weighted by molar-refractivity contribution is 6.31. The Morgan fingerprint density at radius 3 is 2.43 bits per heavy atom. The van der Waals surface area contributed by atoms with Crippen LogP contribution in [0.25, 0.3) is 11.1 Å². The van der Waals surface area contributed by atoms with Gasteiger partial charge < -0.3 is 15.7 Å². The first kappa shape index (κ1) is 27.5. The number of urea groups is 1. The van der Waals surface area contributed by atoms with Gasteiger partial charge in [0, 0.05) is 45.2 Å². The first-order chi connectivity index (χ1) is 20.0. The number of hydrogen-bond donors (Lipinski definition) is 3. The fourth-order valence-corrected chi connectivity index (χ4v) is 5.51. The second-order valence-corrected chi connectivity index (χ2v) is 10.2. The van der Waals surface area contributed by atoms with Gasteiger partial charge in [-0.15, -0.1) is 0 Å². The molecule has 2 aliphatic rings. The van der Waals surface area contributed by atoms with Crippen LogP contribution in [0.1, 0.15) is 45.7 Å². The number of amides is 3. The first-order valence-corrected chi connectivity index (χ1v) is 12.9. The first-order valence-electron chi connectivity index (χ1n) is 12.5. The Balaban J connectivity index is 1.49.